The smallest absolute Gasteiger partial charge is 0.249 e. The maximum absolute atomic E-state index is 14.8. The average Bonchev–Trinajstić information content (AvgIpc) is 3.30. The Morgan fingerprint density at radius 3 is 2.40 bits per heavy atom. The summed E-state index contributed by atoms with van der Waals surface area (Å²) in [7, 11) is 0. The zero-order chi connectivity index (χ0) is 24.4. The monoisotopic (exact) mass is 484 g/mol. The van der Waals surface area contributed by atoms with Crippen molar-refractivity contribution in [3.63, 3.8) is 0 Å². The molecule has 1 atom stereocenters. The van der Waals surface area contributed by atoms with Gasteiger partial charge in [-0.1, -0.05) is 18.9 Å². The van der Waals surface area contributed by atoms with Crippen LogP contribution in [0.2, 0.25) is 0 Å². The first-order chi connectivity index (χ1) is 16.9. The van der Waals surface area contributed by atoms with Gasteiger partial charge in [-0.05, 0) is 87.1 Å². The third-order valence-corrected chi connectivity index (χ3v) is 8.82. The van der Waals surface area contributed by atoms with E-state index in [9.17, 15) is 18.8 Å². The van der Waals surface area contributed by atoms with Gasteiger partial charge in [0.2, 0.25) is 17.7 Å². The molecule has 1 aliphatic carbocycles. The molecule has 0 radical (unpaired) electrons. The molecule has 3 amide bonds. The quantitative estimate of drug-likeness (QED) is 0.626. The summed E-state index contributed by atoms with van der Waals surface area (Å²) in [5, 5.41) is 5.22. The standard InChI is InChI=1S/C27H37FN4O3/c28-21-17-20(3-4-22(21)29-23-5-6-24(33)30-26(23)35)19-7-13-31(14-8-19)18-25(34)32-15-11-27(12-16-32)9-1-2-10-27/h3-4,17,19,23,29H,1-2,5-16,18H2,(H,30,33,35)/t23-/m0/s1. The lowest BCUT2D eigenvalue weighted by Crippen LogP contribution is -2.47. The van der Waals surface area contributed by atoms with Gasteiger partial charge in [0.25, 0.3) is 0 Å². The highest BCUT2D eigenvalue weighted by Gasteiger charge is 2.38. The fourth-order valence-corrected chi connectivity index (χ4v) is 6.49. The van der Waals surface area contributed by atoms with Gasteiger partial charge >= 0.3 is 0 Å². The molecule has 7 nitrogen and oxygen atoms in total. The Bertz CT molecular complexity index is 959. The topological polar surface area (TPSA) is 81.8 Å². The first-order valence-electron chi connectivity index (χ1n) is 13.3. The van der Waals surface area contributed by atoms with Gasteiger partial charge in [-0.3, -0.25) is 24.6 Å². The molecule has 35 heavy (non-hydrogen) atoms. The average molecular weight is 485 g/mol. The first kappa shape index (κ1) is 24.2. The van der Waals surface area contributed by atoms with E-state index in [0.29, 0.717) is 18.4 Å². The Balaban J connectivity index is 1.09. The molecule has 0 bridgehead atoms. The number of piperidine rings is 3. The number of benzene rings is 1. The van der Waals surface area contributed by atoms with Crippen LogP contribution in [0, 0.1) is 11.2 Å². The second-order valence-corrected chi connectivity index (χ2v) is 11.0. The molecule has 1 aromatic rings. The number of rotatable bonds is 5. The Hall–Kier alpha value is -2.48. The van der Waals surface area contributed by atoms with E-state index in [4.69, 9.17) is 0 Å². The van der Waals surface area contributed by atoms with E-state index < -0.39 is 11.9 Å². The zero-order valence-corrected chi connectivity index (χ0v) is 20.5. The van der Waals surface area contributed by atoms with Crippen LogP contribution in [-0.2, 0) is 14.4 Å². The predicted octanol–water partition coefficient (Wildman–Crippen LogP) is 3.41. The normalized spacial score (nSPS) is 25.6. The van der Waals surface area contributed by atoms with Crippen molar-refractivity contribution in [3.8, 4) is 0 Å². The number of hydrogen-bond donors (Lipinski definition) is 2. The van der Waals surface area contributed by atoms with Crippen molar-refractivity contribution in [2.24, 2.45) is 5.41 Å². The number of likely N-dealkylation sites (tertiary alicyclic amines) is 2. The number of nitrogens with one attached hydrogen (secondary N) is 2. The Labute approximate surface area is 206 Å². The summed E-state index contributed by atoms with van der Waals surface area (Å²) in [5.41, 5.74) is 1.77. The minimum atomic E-state index is -0.600. The fraction of sp³-hybridized carbons (Fsp3) is 0.667. The van der Waals surface area contributed by atoms with Gasteiger partial charge < -0.3 is 10.2 Å². The van der Waals surface area contributed by atoms with Crippen molar-refractivity contribution >= 4 is 23.4 Å². The fourth-order valence-electron chi connectivity index (χ4n) is 6.49. The van der Waals surface area contributed by atoms with Crippen molar-refractivity contribution in [2.75, 3.05) is 38.0 Å². The van der Waals surface area contributed by atoms with Crippen LogP contribution in [0.1, 0.15) is 75.7 Å². The van der Waals surface area contributed by atoms with Crippen LogP contribution < -0.4 is 10.6 Å². The van der Waals surface area contributed by atoms with Crippen LogP contribution in [0.15, 0.2) is 18.2 Å². The van der Waals surface area contributed by atoms with Gasteiger partial charge in [0.05, 0.1) is 12.2 Å². The van der Waals surface area contributed by atoms with Gasteiger partial charge in [-0.2, -0.15) is 0 Å². The van der Waals surface area contributed by atoms with Crippen molar-refractivity contribution in [3.05, 3.63) is 29.6 Å². The van der Waals surface area contributed by atoms with Gasteiger partial charge in [-0.15, -0.1) is 0 Å². The van der Waals surface area contributed by atoms with Crippen LogP contribution in [0.5, 0.6) is 0 Å². The minimum Gasteiger partial charge on any atom is -0.371 e. The molecule has 0 unspecified atom stereocenters. The number of carbonyl (C=O) groups is 3. The van der Waals surface area contributed by atoms with Gasteiger partial charge in [0, 0.05) is 19.5 Å². The van der Waals surface area contributed by atoms with E-state index >= 15 is 0 Å². The second-order valence-electron chi connectivity index (χ2n) is 11.0. The van der Waals surface area contributed by atoms with E-state index in [0.717, 1.165) is 44.6 Å². The highest BCUT2D eigenvalue weighted by Crippen LogP contribution is 2.46. The maximum Gasteiger partial charge on any atom is 0.249 e. The van der Waals surface area contributed by atoms with E-state index in [1.165, 1.54) is 38.5 Å². The predicted molar refractivity (Wildman–Crippen MR) is 131 cm³/mol. The van der Waals surface area contributed by atoms with Crippen molar-refractivity contribution < 1.29 is 18.8 Å². The van der Waals surface area contributed by atoms with Gasteiger partial charge in [0.15, 0.2) is 0 Å². The summed E-state index contributed by atoms with van der Waals surface area (Å²) < 4.78 is 14.8. The highest BCUT2D eigenvalue weighted by molar-refractivity contribution is 6.01. The molecule has 8 heteroatoms. The number of nitrogens with zero attached hydrogens (tertiary/aromatic N) is 2. The Kier molecular flexibility index (Phi) is 7.09. The van der Waals surface area contributed by atoms with Crippen LogP contribution in [-0.4, -0.2) is 66.3 Å². The molecule has 4 fully saturated rings. The van der Waals surface area contributed by atoms with Crippen molar-refractivity contribution in [2.45, 2.75) is 76.2 Å². The number of hydrogen-bond acceptors (Lipinski definition) is 5. The number of carbonyl (C=O) groups excluding carboxylic acids is 3. The molecule has 190 valence electrons. The Morgan fingerprint density at radius 1 is 1.03 bits per heavy atom. The summed E-state index contributed by atoms with van der Waals surface area (Å²) in [5.74, 6) is -0.557. The summed E-state index contributed by atoms with van der Waals surface area (Å²) >= 11 is 0. The third-order valence-electron chi connectivity index (χ3n) is 8.82. The van der Waals surface area contributed by atoms with Crippen LogP contribution in [0.3, 0.4) is 0 Å². The largest absolute Gasteiger partial charge is 0.371 e. The molecule has 1 spiro atoms. The van der Waals surface area contributed by atoms with Crippen LogP contribution in [0.4, 0.5) is 10.1 Å². The molecule has 3 aliphatic heterocycles. The van der Waals surface area contributed by atoms with Crippen LogP contribution >= 0.6 is 0 Å². The van der Waals surface area contributed by atoms with Gasteiger partial charge in [0.1, 0.15) is 11.9 Å². The van der Waals surface area contributed by atoms with E-state index in [1.807, 2.05) is 6.07 Å². The first-order valence-corrected chi connectivity index (χ1v) is 13.3. The van der Waals surface area contributed by atoms with Crippen molar-refractivity contribution in [1.29, 1.82) is 0 Å². The van der Waals surface area contributed by atoms with Gasteiger partial charge in [-0.25, -0.2) is 4.39 Å². The third kappa shape index (κ3) is 5.52. The lowest BCUT2D eigenvalue weighted by Gasteiger charge is -2.40. The summed E-state index contributed by atoms with van der Waals surface area (Å²) in [4.78, 5) is 40.5. The number of amides is 3. The minimum absolute atomic E-state index is 0.253. The van der Waals surface area contributed by atoms with E-state index in [2.05, 4.69) is 20.4 Å². The maximum atomic E-state index is 14.8. The summed E-state index contributed by atoms with van der Waals surface area (Å²) in [6, 6.07) is 4.58. The van der Waals surface area contributed by atoms with Crippen molar-refractivity contribution in [1.82, 2.24) is 15.1 Å². The highest BCUT2D eigenvalue weighted by atomic mass is 19.1. The molecule has 5 rings (SSSR count). The molecular formula is C27H37FN4O3. The molecule has 1 saturated carbocycles. The molecule has 1 aromatic carbocycles. The Morgan fingerprint density at radius 2 is 1.74 bits per heavy atom. The molecular weight excluding hydrogens is 447 g/mol. The summed E-state index contributed by atoms with van der Waals surface area (Å²) in [6.07, 6.45) is 10.1. The van der Waals surface area contributed by atoms with E-state index in [-0.39, 0.29) is 35.7 Å². The molecule has 0 aromatic heterocycles. The molecule has 3 saturated heterocycles. The number of imide groups is 1. The lowest BCUT2D eigenvalue weighted by molar-refractivity contribution is -0.135. The second kappa shape index (κ2) is 10.2. The van der Waals surface area contributed by atoms with Crippen LogP contribution in [0.25, 0.3) is 0 Å². The molecule has 4 aliphatic rings. The molecule has 3 heterocycles. The van der Waals surface area contributed by atoms with E-state index in [1.54, 1.807) is 12.1 Å². The lowest BCUT2D eigenvalue weighted by atomic mass is 9.77. The zero-order valence-electron chi connectivity index (χ0n) is 20.5. The summed E-state index contributed by atoms with van der Waals surface area (Å²) in [6.45, 7) is 3.99. The number of anilines is 1. The number of halogens is 1. The molecule has 2 N–H and O–H groups in total. The SMILES string of the molecule is O=C1CC[C@H](Nc2ccc(C3CCN(CC(=O)N4CCC5(CCCC5)CC4)CC3)cc2F)C(=O)N1.